The first-order chi connectivity index (χ1) is 11.1. The maximum Gasteiger partial charge on any atom is 0.227 e. The fourth-order valence-corrected chi connectivity index (χ4v) is 2.78. The van der Waals surface area contributed by atoms with E-state index < -0.39 is 0 Å². The van der Waals surface area contributed by atoms with E-state index in [0.717, 1.165) is 49.7 Å². The maximum atomic E-state index is 12.3. The molecule has 0 spiro atoms. The second kappa shape index (κ2) is 6.83. The van der Waals surface area contributed by atoms with Gasteiger partial charge in [-0.3, -0.25) is 9.69 Å². The molecule has 0 saturated carbocycles. The molecular formula is C17H21N3O3. The zero-order chi connectivity index (χ0) is 16.2. The fraction of sp³-hybridized carbons (Fsp3) is 0.412. The topological polar surface area (TPSA) is 69.8 Å². The molecule has 3 rings (SSSR count). The highest BCUT2D eigenvalue weighted by Crippen LogP contribution is 2.13. The van der Waals surface area contributed by atoms with Crippen LogP contribution in [0.5, 0.6) is 5.75 Å². The normalized spacial score (nSPS) is 15.8. The summed E-state index contributed by atoms with van der Waals surface area (Å²) < 4.78 is 5.08. The van der Waals surface area contributed by atoms with Crippen molar-refractivity contribution in [2.45, 2.75) is 19.9 Å². The largest absolute Gasteiger partial charge is 0.508 e. The van der Waals surface area contributed by atoms with Crippen molar-refractivity contribution in [3.63, 3.8) is 0 Å². The second-order valence-electron chi connectivity index (χ2n) is 5.93. The molecule has 1 aliphatic rings. The maximum absolute atomic E-state index is 12.3. The molecule has 0 atom stereocenters. The lowest BCUT2D eigenvalue weighted by molar-refractivity contribution is -0.132. The van der Waals surface area contributed by atoms with Crippen molar-refractivity contribution in [2.75, 3.05) is 26.2 Å². The fourth-order valence-electron chi connectivity index (χ4n) is 2.78. The average molecular weight is 315 g/mol. The van der Waals surface area contributed by atoms with Gasteiger partial charge < -0.3 is 14.5 Å². The predicted octanol–water partition coefficient (Wildman–Crippen LogP) is 1.58. The third kappa shape index (κ3) is 4.10. The summed E-state index contributed by atoms with van der Waals surface area (Å²) in [6, 6.07) is 8.75. The number of rotatable bonds is 4. The van der Waals surface area contributed by atoms with E-state index in [1.807, 2.05) is 17.9 Å². The van der Waals surface area contributed by atoms with Gasteiger partial charge in [-0.25, -0.2) is 0 Å². The number of aryl methyl sites for hydroxylation is 1. The average Bonchev–Trinajstić information content (AvgIpc) is 2.95. The Morgan fingerprint density at radius 1 is 1.22 bits per heavy atom. The highest BCUT2D eigenvalue weighted by Gasteiger charge is 2.21. The Hall–Kier alpha value is -2.34. The first-order valence-corrected chi connectivity index (χ1v) is 7.80. The van der Waals surface area contributed by atoms with Crippen LogP contribution in [0, 0.1) is 6.92 Å². The lowest BCUT2D eigenvalue weighted by Gasteiger charge is -2.34. The SMILES string of the molecule is Cc1cc(CN2CCN(C(=O)Cc3ccc(O)cc3)CC2)no1. The molecule has 1 aliphatic heterocycles. The Kier molecular flexibility index (Phi) is 4.62. The number of benzene rings is 1. The van der Waals surface area contributed by atoms with Gasteiger partial charge in [0.15, 0.2) is 0 Å². The van der Waals surface area contributed by atoms with Gasteiger partial charge in [0.2, 0.25) is 5.91 Å². The van der Waals surface area contributed by atoms with Crippen molar-refractivity contribution in [1.82, 2.24) is 15.0 Å². The monoisotopic (exact) mass is 315 g/mol. The highest BCUT2D eigenvalue weighted by atomic mass is 16.5. The smallest absolute Gasteiger partial charge is 0.227 e. The number of aromatic hydroxyl groups is 1. The van der Waals surface area contributed by atoms with E-state index in [1.165, 1.54) is 0 Å². The van der Waals surface area contributed by atoms with Crippen LogP contribution >= 0.6 is 0 Å². The van der Waals surface area contributed by atoms with Gasteiger partial charge in [-0.05, 0) is 24.6 Å². The van der Waals surface area contributed by atoms with Crippen LogP contribution in [0.2, 0.25) is 0 Å². The number of phenolic OH excluding ortho intramolecular Hbond substituents is 1. The number of carbonyl (C=O) groups excluding carboxylic acids is 1. The van der Waals surface area contributed by atoms with Gasteiger partial charge in [-0.15, -0.1) is 0 Å². The van der Waals surface area contributed by atoms with E-state index in [-0.39, 0.29) is 11.7 Å². The number of phenols is 1. The van der Waals surface area contributed by atoms with E-state index in [1.54, 1.807) is 24.3 Å². The highest BCUT2D eigenvalue weighted by molar-refractivity contribution is 5.78. The molecule has 1 saturated heterocycles. The minimum Gasteiger partial charge on any atom is -0.508 e. The molecule has 0 radical (unpaired) electrons. The predicted molar refractivity (Wildman–Crippen MR) is 84.9 cm³/mol. The van der Waals surface area contributed by atoms with Crippen LogP contribution in [-0.4, -0.2) is 52.1 Å². The molecule has 1 N–H and O–H groups in total. The summed E-state index contributed by atoms with van der Waals surface area (Å²) in [5.41, 5.74) is 1.86. The van der Waals surface area contributed by atoms with Crippen LogP contribution in [0.3, 0.4) is 0 Å². The number of carbonyl (C=O) groups is 1. The van der Waals surface area contributed by atoms with Crippen molar-refractivity contribution >= 4 is 5.91 Å². The Morgan fingerprint density at radius 3 is 2.52 bits per heavy atom. The Balaban J connectivity index is 1.48. The summed E-state index contributed by atoms with van der Waals surface area (Å²) in [4.78, 5) is 16.5. The van der Waals surface area contributed by atoms with Gasteiger partial charge >= 0.3 is 0 Å². The zero-order valence-electron chi connectivity index (χ0n) is 13.2. The third-order valence-electron chi connectivity index (χ3n) is 4.08. The van der Waals surface area contributed by atoms with Gasteiger partial charge in [0, 0.05) is 38.8 Å². The molecule has 23 heavy (non-hydrogen) atoms. The van der Waals surface area contributed by atoms with Crippen molar-refractivity contribution < 1.29 is 14.4 Å². The van der Waals surface area contributed by atoms with Crippen LogP contribution < -0.4 is 0 Å². The van der Waals surface area contributed by atoms with Gasteiger partial charge in [0.1, 0.15) is 11.5 Å². The third-order valence-corrected chi connectivity index (χ3v) is 4.08. The molecular weight excluding hydrogens is 294 g/mol. The molecule has 6 nitrogen and oxygen atoms in total. The molecule has 1 amide bonds. The minimum atomic E-state index is 0.132. The van der Waals surface area contributed by atoms with E-state index in [9.17, 15) is 9.90 Å². The van der Waals surface area contributed by atoms with Crippen LogP contribution in [-0.2, 0) is 17.8 Å². The second-order valence-corrected chi connectivity index (χ2v) is 5.93. The van der Waals surface area contributed by atoms with E-state index in [0.29, 0.717) is 6.42 Å². The van der Waals surface area contributed by atoms with Gasteiger partial charge in [0.05, 0.1) is 12.1 Å². The summed E-state index contributed by atoms with van der Waals surface area (Å²) in [5.74, 6) is 1.17. The molecule has 2 aromatic rings. The number of amides is 1. The minimum absolute atomic E-state index is 0.132. The quantitative estimate of drug-likeness (QED) is 0.927. The lowest BCUT2D eigenvalue weighted by atomic mass is 10.1. The first-order valence-electron chi connectivity index (χ1n) is 7.80. The van der Waals surface area contributed by atoms with Crippen molar-refractivity contribution in [3.8, 4) is 5.75 Å². The zero-order valence-corrected chi connectivity index (χ0v) is 13.2. The molecule has 0 bridgehead atoms. The summed E-state index contributed by atoms with van der Waals surface area (Å²) in [6.07, 6.45) is 0.378. The molecule has 6 heteroatoms. The van der Waals surface area contributed by atoms with Crippen LogP contribution in [0.15, 0.2) is 34.9 Å². The van der Waals surface area contributed by atoms with Crippen LogP contribution in [0.1, 0.15) is 17.0 Å². The molecule has 1 aromatic heterocycles. The van der Waals surface area contributed by atoms with Crippen molar-refractivity contribution in [3.05, 3.63) is 47.3 Å². The standard InChI is InChI=1S/C17H21N3O3/c1-13-10-15(18-23-13)12-19-6-8-20(9-7-19)17(22)11-14-2-4-16(21)5-3-14/h2-5,10,21H,6-9,11-12H2,1H3. The summed E-state index contributed by atoms with van der Waals surface area (Å²) in [7, 11) is 0. The molecule has 1 aromatic carbocycles. The Morgan fingerprint density at radius 2 is 1.91 bits per heavy atom. The van der Waals surface area contributed by atoms with Crippen molar-refractivity contribution in [2.24, 2.45) is 0 Å². The molecule has 122 valence electrons. The van der Waals surface area contributed by atoms with Crippen molar-refractivity contribution in [1.29, 1.82) is 0 Å². The van der Waals surface area contributed by atoms with E-state index in [4.69, 9.17) is 4.52 Å². The Labute approximate surface area is 135 Å². The molecule has 1 fully saturated rings. The number of piperazine rings is 1. The lowest BCUT2D eigenvalue weighted by Crippen LogP contribution is -2.48. The number of hydrogen-bond donors (Lipinski definition) is 1. The van der Waals surface area contributed by atoms with E-state index in [2.05, 4.69) is 10.1 Å². The summed E-state index contributed by atoms with van der Waals surface area (Å²) >= 11 is 0. The molecule has 0 unspecified atom stereocenters. The first kappa shape index (κ1) is 15.6. The number of nitrogens with zero attached hydrogens (tertiary/aromatic N) is 3. The van der Waals surface area contributed by atoms with Gasteiger partial charge in [0.25, 0.3) is 0 Å². The van der Waals surface area contributed by atoms with E-state index >= 15 is 0 Å². The Bertz CT molecular complexity index is 658. The van der Waals surface area contributed by atoms with Crippen LogP contribution in [0.25, 0.3) is 0 Å². The molecule has 2 heterocycles. The molecule has 0 aliphatic carbocycles. The summed E-state index contributed by atoms with van der Waals surface area (Å²) in [6.45, 7) is 5.79. The summed E-state index contributed by atoms with van der Waals surface area (Å²) in [5, 5.41) is 13.3. The number of aromatic nitrogens is 1. The van der Waals surface area contributed by atoms with Gasteiger partial charge in [-0.1, -0.05) is 17.3 Å². The van der Waals surface area contributed by atoms with Crippen LogP contribution in [0.4, 0.5) is 0 Å². The van der Waals surface area contributed by atoms with Gasteiger partial charge in [-0.2, -0.15) is 0 Å². The number of hydrogen-bond acceptors (Lipinski definition) is 5.